The second-order valence-corrected chi connectivity index (χ2v) is 4.15. The summed E-state index contributed by atoms with van der Waals surface area (Å²) in [6.45, 7) is 5.51. The Hall–Kier alpha value is -2.17. The molecule has 0 radical (unpaired) electrons. The summed E-state index contributed by atoms with van der Waals surface area (Å²) < 4.78 is 0. The highest BCUT2D eigenvalue weighted by Crippen LogP contribution is 2.29. The number of nitrogens with zero attached hydrogens (tertiary/aromatic N) is 2. The molecular weight excluding hydrogens is 218 g/mol. The van der Waals surface area contributed by atoms with E-state index in [-0.39, 0.29) is 10.6 Å². The van der Waals surface area contributed by atoms with Gasteiger partial charge in [-0.15, -0.1) is 0 Å². The number of hydrogen-bond acceptors (Lipinski definition) is 3. The lowest BCUT2D eigenvalue weighted by molar-refractivity contribution is -0.385. The number of aromatic nitrogens is 2. The first-order valence-corrected chi connectivity index (χ1v) is 5.27. The molecule has 0 bridgehead atoms. The highest BCUT2D eigenvalue weighted by atomic mass is 16.6. The minimum atomic E-state index is -0.359. The highest BCUT2D eigenvalue weighted by Gasteiger charge is 2.15. The molecule has 0 aliphatic heterocycles. The quantitative estimate of drug-likeness (QED) is 0.638. The maximum Gasteiger partial charge on any atom is 0.272 e. The summed E-state index contributed by atoms with van der Waals surface area (Å²) in [5, 5.41) is 17.8. The SMILES string of the molecule is Cc1cc(-c2cc(C)c([N+](=O)[O-])cc2C)n[nH]1. The number of nitrogens with one attached hydrogen (secondary N) is 1. The van der Waals surface area contributed by atoms with Gasteiger partial charge in [0.15, 0.2) is 0 Å². The third-order valence-electron chi connectivity index (χ3n) is 2.72. The molecule has 5 heteroatoms. The summed E-state index contributed by atoms with van der Waals surface area (Å²) in [6.07, 6.45) is 0. The molecule has 0 amide bonds. The third kappa shape index (κ3) is 2.04. The van der Waals surface area contributed by atoms with E-state index < -0.39 is 0 Å². The van der Waals surface area contributed by atoms with E-state index in [1.54, 1.807) is 13.0 Å². The standard InChI is InChI=1S/C12H13N3O2/c1-7-5-12(15(16)17)8(2)4-10(7)11-6-9(3)13-14-11/h4-6H,1-3H3,(H,13,14). The third-order valence-corrected chi connectivity index (χ3v) is 2.72. The lowest BCUT2D eigenvalue weighted by Crippen LogP contribution is -1.94. The number of hydrogen-bond donors (Lipinski definition) is 1. The molecule has 0 saturated carbocycles. The predicted octanol–water partition coefficient (Wildman–Crippen LogP) is 2.91. The zero-order valence-corrected chi connectivity index (χ0v) is 9.94. The number of rotatable bonds is 2. The fourth-order valence-corrected chi connectivity index (χ4v) is 1.83. The Bertz CT molecular complexity index is 587. The Morgan fingerprint density at radius 1 is 1.18 bits per heavy atom. The monoisotopic (exact) mass is 231 g/mol. The van der Waals surface area contributed by atoms with Crippen LogP contribution in [0.1, 0.15) is 16.8 Å². The van der Waals surface area contributed by atoms with Gasteiger partial charge in [0.25, 0.3) is 5.69 Å². The summed E-state index contributed by atoms with van der Waals surface area (Å²) in [7, 11) is 0. The molecule has 2 aromatic rings. The zero-order valence-electron chi connectivity index (χ0n) is 9.94. The molecule has 1 aromatic heterocycles. The van der Waals surface area contributed by atoms with Crippen molar-refractivity contribution in [2.45, 2.75) is 20.8 Å². The Morgan fingerprint density at radius 2 is 1.88 bits per heavy atom. The van der Waals surface area contributed by atoms with Crippen molar-refractivity contribution >= 4 is 5.69 Å². The van der Waals surface area contributed by atoms with Gasteiger partial charge in [0.1, 0.15) is 0 Å². The van der Waals surface area contributed by atoms with E-state index in [1.807, 2.05) is 26.0 Å². The first-order chi connectivity index (χ1) is 7.99. The van der Waals surface area contributed by atoms with Crippen molar-refractivity contribution in [2.24, 2.45) is 0 Å². The summed E-state index contributed by atoms with van der Waals surface area (Å²) in [6, 6.07) is 5.32. The van der Waals surface area contributed by atoms with Gasteiger partial charge < -0.3 is 0 Å². The van der Waals surface area contributed by atoms with E-state index in [4.69, 9.17) is 0 Å². The van der Waals surface area contributed by atoms with E-state index in [0.717, 1.165) is 22.5 Å². The van der Waals surface area contributed by atoms with Crippen LogP contribution in [0, 0.1) is 30.9 Å². The average molecular weight is 231 g/mol. The molecule has 1 heterocycles. The second kappa shape index (κ2) is 4.01. The molecule has 88 valence electrons. The van der Waals surface area contributed by atoms with E-state index >= 15 is 0 Å². The maximum atomic E-state index is 10.8. The zero-order chi connectivity index (χ0) is 12.6. The average Bonchev–Trinajstić information content (AvgIpc) is 2.67. The van der Waals surface area contributed by atoms with Crippen LogP contribution in [0.5, 0.6) is 0 Å². The van der Waals surface area contributed by atoms with Crippen LogP contribution in [0.15, 0.2) is 18.2 Å². The number of benzene rings is 1. The molecule has 0 aliphatic carbocycles. The molecule has 17 heavy (non-hydrogen) atoms. The van der Waals surface area contributed by atoms with E-state index in [1.165, 1.54) is 0 Å². The Labute approximate surface area is 98.6 Å². The number of nitro groups is 1. The minimum Gasteiger partial charge on any atom is -0.282 e. The van der Waals surface area contributed by atoms with Crippen LogP contribution in [0.25, 0.3) is 11.3 Å². The molecule has 0 atom stereocenters. The second-order valence-electron chi connectivity index (χ2n) is 4.15. The summed E-state index contributed by atoms with van der Waals surface area (Å²) in [4.78, 5) is 10.5. The van der Waals surface area contributed by atoms with Crippen molar-refractivity contribution in [1.82, 2.24) is 10.2 Å². The number of aryl methyl sites for hydroxylation is 3. The molecule has 0 spiro atoms. The Morgan fingerprint density at radius 3 is 2.41 bits per heavy atom. The molecule has 0 saturated heterocycles. The van der Waals surface area contributed by atoms with Gasteiger partial charge in [-0.25, -0.2) is 0 Å². The van der Waals surface area contributed by atoms with Gasteiger partial charge in [0.05, 0.1) is 10.6 Å². The van der Waals surface area contributed by atoms with Crippen molar-refractivity contribution in [1.29, 1.82) is 0 Å². The van der Waals surface area contributed by atoms with Crippen LogP contribution in [-0.4, -0.2) is 15.1 Å². The van der Waals surface area contributed by atoms with Gasteiger partial charge in [0.2, 0.25) is 0 Å². The molecule has 1 N–H and O–H groups in total. The summed E-state index contributed by atoms with van der Waals surface area (Å²) >= 11 is 0. The molecule has 1 aromatic carbocycles. The lowest BCUT2D eigenvalue weighted by Gasteiger charge is -2.05. The molecule has 5 nitrogen and oxygen atoms in total. The van der Waals surface area contributed by atoms with Crippen LogP contribution in [-0.2, 0) is 0 Å². The summed E-state index contributed by atoms with van der Waals surface area (Å²) in [5.74, 6) is 0. The van der Waals surface area contributed by atoms with Gasteiger partial charge in [0, 0.05) is 22.9 Å². The van der Waals surface area contributed by atoms with Crippen molar-refractivity contribution in [3.05, 3.63) is 45.1 Å². The van der Waals surface area contributed by atoms with Crippen LogP contribution < -0.4 is 0 Å². The number of H-pyrrole nitrogens is 1. The van der Waals surface area contributed by atoms with Crippen LogP contribution in [0.4, 0.5) is 5.69 Å². The van der Waals surface area contributed by atoms with E-state index in [2.05, 4.69) is 10.2 Å². The van der Waals surface area contributed by atoms with Gasteiger partial charge in [-0.2, -0.15) is 5.10 Å². The molecule has 0 fully saturated rings. The Balaban J connectivity index is 2.57. The van der Waals surface area contributed by atoms with Crippen LogP contribution >= 0.6 is 0 Å². The maximum absolute atomic E-state index is 10.8. The van der Waals surface area contributed by atoms with Crippen molar-refractivity contribution in [3.63, 3.8) is 0 Å². The fourth-order valence-electron chi connectivity index (χ4n) is 1.83. The Kier molecular flexibility index (Phi) is 2.67. The molecule has 2 rings (SSSR count). The largest absolute Gasteiger partial charge is 0.282 e. The number of aromatic amines is 1. The van der Waals surface area contributed by atoms with Crippen molar-refractivity contribution < 1.29 is 4.92 Å². The smallest absolute Gasteiger partial charge is 0.272 e. The first kappa shape index (κ1) is 11.3. The normalized spacial score (nSPS) is 10.5. The highest BCUT2D eigenvalue weighted by molar-refractivity contribution is 5.67. The molecule has 0 unspecified atom stereocenters. The van der Waals surface area contributed by atoms with E-state index in [9.17, 15) is 10.1 Å². The predicted molar refractivity (Wildman–Crippen MR) is 64.9 cm³/mol. The molecular formula is C12H13N3O2. The first-order valence-electron chi connectivity index (χ1n) is 5.27. The van der Waals surface area contributed by atoms with Crippen molar-refractivity contribution in [3.8, 4) is 11.3 Å². The van der Waals surface area contributed by atoms with Crippen LogP contribution in [0.2, 0.25) is 0 Å². The van der Waals surface area contributed by atoms with Gasteiger partial charge in [-0.1, -0.05) is 0 Å². The molecule has 0 aliphatic rings. The topological polar surface area (TPSA) is 71.8 Å². The van der Waals surface area contributed by atoms with Gasteiger partial charge in [-0.05, 0) is 38.5 Å². The van der Waals surface area contributed by atoms with Gasteiger partial charge >= 0.3 is 0 Å². The number of nitro benzene ring substituents is 1. The lowest BCUT2D eigenvalue weighted by atomic mass is 10.0. The van der Waals surface area contributed by atoms with Gasteiger partial charge in [-0.3, -0.25) is 15.2 Å². The summed E-state index contributed by atoms with van der Waals surface area (Å²) in [5.41, 5.74) is 4.37. The minimum absolute atomic E-state index is 0.151. The van der Waals surface area contributed by atoms with E-state index in [0.29, 0.717) is 5.56 Å². The fraction of sp³-hybridized carbons (Fsp3) is 0.250. The van der Waals surface area contributed by atoms with Crippen molar-refractivity contribution in [2.75, 3.05) is 0 Å². The van der Waals surface area contributed by atoms with Crippen LogP contribution in [0.3, 0.4) is 0 Å².